The predicted molar refractivity (Wildman–Crippen MR) is 128 cm³/mol. The minimum Gasteiger partial charge on any atom is -0.481 e. The van der Waals surface area contributed by atoms with Gasteiger partial charge in [-0.05, 0) is 30.0 Å². The highest BCUT2D eigenvalue weighted by Gasteiger charge is 2.29. The summed E-state index contributed by atoms with van der Waals surface area (Å²) >= 11 is 0. The third-order valence-corrected chi connectivity index (χ3v) is 5.63. The summed E-state index contributed by atoms with van der Waals surface area (Å²) in [6.07, 6.45) is 1.28. The number of carboxylic acid groups (broad SMARTS) is 2. The standard InChI is InChI=1S/C25H28N4O6/c26-18(12-15-6-2-1-3-7-15)23(32)28-20(10-11-22(30)31)24(33)29-21(25(34)35)13-16-14-27-19-9-5-4-8-17(16)19/h1-9,14,18,20-21,27H,10-13,26H2,(H,28,32)(H,29,33)(H,30,31)(H,34,35)/t18-,20-,21-/m0/s1. The van der Waals surface area contributed by atoms with Crippen molar-refractivity contribution in [3.63, 3.8) is 0 Å². The summed E-state index contributed by atoms with van der Waals surface area (Å²) in [5.41, 5.74) is 8.34. The van der Waals surface area contributed by atoms with Crippen molar-refractivity contribution < 1.29 is 29.4 Å². The summed E-state index contributed by atoms with van der Waals surface area (Å²) in [5, 5.41) is 24.5. The van der Waals surface area contributed by atoms with Crippen LogP contribution in [-0.4, -0.2) is 57.1 Å². The first kappa shape index (κ1) is 25.4. The van der Waals surface area contributed by atoms with Gasteiger partial charge in [-0.1, -0.05) is 48.5 Å². The van der Waals surface area contributed by atoms with Crippen molar-refractivity contribution in [3.8, 4) is 0 Å². The lowest BCUT2D eigenvalue weighted by molar-refractivity contribution is -0.143. The van der Waals surface area contributed by atoms with Gasteiger partial charge in [0.05, 0.1) is 6.04 Å². The number of benzene rings is 2. The molecule has 35 heavy (non-hydrogen) atoms. The van der Waals surface area contributed by atoms with Crippen molar-refractivity contribution in [2.75, 3.05) is 0 Å². The van der Waals surface area contributed by atoms with Crippen molar-refractivity contribution in [2.45, 2.75) is 43.8 Å². The van der Waals surface area contributed by atoms with Crippen LogP contribution >= 0.6 is 0 Å². The van der Waals surface area contributed by atoms with Crippen LogP contribution < -0.4 is 16.4 Å². The highest BCUT2D eigenvalue weighted by molar-refractivity contribution is 5.92. The van der Waals surface area contributed by atoms with Crippen LogP contribution in [0.2, 0.25) is 0 Å². The predicted octanol–water partition coefficient (Wildman–Crippen LogP) is 1.20. The molecule has 7 N–H and O–H groups in total. The molecular formula is C25H28N4O6. The number of H-pyrrole nitrogens is 1. The second kappa shape index (κ2) is 11.8. The highest BCUT2D eigenvalue weighted by atomic mass is 16.4. The number of carbonyl (C=O) groups excluding carboxylic acids is 2. The van der Waals surface area contributed by atoms with Crippen molar-refractivity contribution in [1.82, 2.24) is 15.6 Å². The molecule has 1 heterocycles. The van der Waals surface area contributed by atoms with Crippen molar-refractivity contribution in [2.24, 2.45) is 5.73 Å². The Morgan fingerprint density at radius 2 is 1.51 bits per heavy atom. The molecule has 184 valence electrons. The number of para-hydroxylation sites is 1. The summed E-state index contributed by atoms with van der Waals surface area (Å²) < 4.78 is 0. The van der Waals surface area contributed by atoms with E-state index < -0.39 is 48.3 Å². The fourth-order valence-corrected chi connectivity index (χ4v) is 3.77. The van der Waals surface area contributed by atoms with E-state index in [0.717, 1.165) is 16.5 Å². The van der Waals surface area contributed by atoms with E-state index in [9.17, 15) is 24.3 Å². The lowest BCUT2D eigenvalue weighted by atomic mass is 10.0. The number of nitrogens with two attached hydrogens (primary N) is 1. The second-order valence-electron chi connectivity index (χ2n) is 8.25. The molecular weight excluding hydrogens is 452 g/mol. The van der Waals surface area contributed by atoms with Gasteiger partial charge in [-0.25, -0.2) is 4.79 Å². The fraction of sp³-hybridized carbons (Fsp3) is 0.280. The molecule has 0 spiro atoms. The maximum atomic E-state index is 12.9. The molecule has 0 radical (unpaired) electrons. The fourth-order valence-electron chi connectivity index (χ4n) is 3.77. The Hall–Kier alpha value is -4.18. The number of carbonyl (C=O) groups is 4. The number of fused-ring (bicyclic) bond motifs is 1. The third-order valence-electron chi connectivity index (χ3n) is 5.63. The average molecular weight is 481 g/mol. The SMILES string of the molecule is N[C@@H](Cc1ccccc1)C(=O)N[C@@H](CCC(=O)O)C(=O)N[C@@H](Cc1c[nH]c2ccccc12)C(=O)O. The molecule has 2 amide bonds. The Bertz CT molecular complexity index is 1190. The molecule has 3 rings (SSSR count). The van der Waals surface area contributed by atoms with Crippen LogP contribution in [0.15, 0.2) is 60.8 Å². The number of hydrogen-bond acceptors (Lipinski definition) is 5. The van der Waals surface area contributed by atoms with Crippen LogP contribution in [0.1, 0.15) is 24.0 Å². The molecule has 2 aromatic carbocycles. The van der Waals surface area contributed by atoms with Crippen LogP contribution in [0.5, 0.6) is 0 Å². The normalized spacial score (nSPS) is 13.5. The van der Waals surface area contributed by atoms with Crippen molar-refractivity contribution in [1.29, 1.82) is 0 Å². The first-order chi connectivity index (χ1) is 16.7. The van der Waals surface area contributed by atoms with E-state index in [1.54, 1.807) is 6.20 Å². The zero-order valence-corrected chi connectivity index (χ0v) is 18.9. The number of aliphatic carboxylic acids is 2. The van der Waals surface area contributed by atoms with Gasteiger partial charge in [-0.2, -0.15) is 0 Å². The molecule has 1 aromatic heterocycles. The van der Waals surface area contributed by atoms with Gasteiger partial charge < -0.3 is 31.6 Å². The molecule has 0 aliphatic rings. The zero-order chi connectivity index (χ0) is 25.4. The van der Waals surface area contributed by atoms with E-state index >= 15 is 0 Å². The Morgan fingerprint density at radius 1 is 0.857 bits per heavy atom. The first-order valence-corrected chi connectivity index (χ1v) is 11.1. The molecule has 0 fully saturated rings. The Balaban J connectivity index is 1.69. The van der Waals surface area contributed by atoms with Crippen LogP contribution in [0.4, 0.5) is 0 Å². The van der Waals surface area contributed by atoms with E-state index in [1.165, 1.54) is 0 Å². The number of carboxylic acids is 2. The molecule has 3 aromatic rings. The van der Waals surface area contributed by atoms with Gasteiger partial charge in [-0.3, -0.25) is 14.4 Å². The quantitative estimate of drug-likeness (QED) is 0.226. The van der Waals surface area contributed by atoms with Gasteiger partial charge >= 0.3 is 11.9 Å². The number of aromatic nitrogens is 1. The Morgan fingerprint density at radius 3 is 2.20 bits per heavy atom. The smallest absolute Gasteiger partial charge is 0.326 e. The zero-order valence-electron chi connectivity index (χ0n) is 18.9. The van der Waals surface area contributed by atoms with Crippen molar-refractivity contribution >= 4 is 34.7 Å². The number of amides is 2. The molecule has 0 saturated carbocycles. The molecule has 10 heteroatoms. The summed E-state index contributed by atoms with van der Waals surface area (Å²) in [7, 11) is 0. The van der Waals surface area contributed by atoms with Crippen LogP contribution in [0, 0.1) is 0 Å². The molecule has 3 atom stereocenters. The maximum Gasteiger partial charge on any atom is 0.326 e. The number of aromatic amines is 1. The molecule has 0 bridgehead atoms. The monoisotopic (exact) mass is 480 g/mol. The summed E-state index contributed by atoms with van der Waals surface area (Å²) in [4.78, 5) is 51.6. The second-order valence-corrected chi connectivity index (χ2v) is 8.25. The molecule has 0 unspecified atom stereocenters. The van der Waals surface area contributed by atoms with Crippen LogP contribution in [0.3, 0.4) is 0 Å². The van der Waals surface area contributed by atoms with Crippen molar-refractivity contribution in [3.05, 3.63) is 71.9 Å². The number of nitrogens with one attached hydrogen (secondary N) is 3. The van der Waals surface area contributed by atoms with Gasteiger partial charge in [0, 0.05) is 29.9 Å². The maximum absolute atomic E-state index is 12.9. The van der Waals surface area contributed by atoms with Gasteiger partial charge in [0.2, 0.25) is 11.8 Å². The van der Waals surface area contributed by atoms with Gasteiger partial charge in [0.25, 0.3) is 0 Å². The molecule has 0 saturated heterocycles. The summed E-state index contributed by atoms with van der Waals surface area (Å²) in [6.45, 7) is 0. The minimum atomic E-state index is -1.29. The van der Waals surface area contributed by atoms with Gasteiger partial charge in [0.15, 0.2) is 0 Å². The molecule has 0 aliphatic heterocycles. The summed E-state index contributed by atoms with van der Waals surface area (Å²) in [6, 6.07) is 12.9. The number of rotatable bonds is 12. The van der Waals surface area contributed by atoms with E-state index in [-0.39, 0.29) is 19.3 Å². The lowest BCUT2D eigenvalue weighted by Gasteiger charge is -2.22. The third kappa shape index (κ3) is 7.15. The van der Waals surface area contributed by atoms with E-state index in [4.69, 9.17) is 10.8 Å². The first-order valence-electron chi connectivity index (χ1n) is 11.1. The van der Waals surface area contributed by atoms with Crippen LogP contribution in [-0.2, 0) is 32.0 Å². The van der Waals surface area contributed by atoms with Crippen LogP contribution in [0.25, 0.3) is 10.9 Å². The Labute approximate surface area is 201 Å². The highest BCUT2D eigenvalue weighted by Crippen LogP contribution is 2.19. The largest absolute Gasteiger partial charge is 0.481 e. The van der Waals surface area contributed by atoms with Gasteiger partial charge in [0.1, 0.15) is 12.1 Å². The average Bonchev–Trinajstić information content (AvgIpc) is 3.24. The lowest BCUT2D eigenvalue weighted by Crippen LogP contribution is -2.55. The minimum absolute atomic E-state index is 0.00178. The number of hydrogen-bond donors (Lipinski definition) is 6. The Kier molecular flexibility index (Phi) is 8.58. The van der Waals surface area contributed by atoms with E-state index in [0.29, 0.717) is 5.56 Å². The molecule has 10 nitrogen and oxygen atoms in total. The van der Waals surface area contributed by atoms with Gasteiger partial charge in [-0.15, -0.1) is 0 Å². The van der Waals surface area contributed by atoms with E-state index in [1.807, 2.05) is 54.6 Å². The topological polar surface area (TPSA) is 175 Å². The van der Waals surface area contributed by atoms with E-state index in [2.05, 4.69) is 15.6 Å². The summed E-state index contributed by atoms with van der Waals surface area (Å²) in [5.74, 6) is -3.84. The molecule has 0 aliphatic carbocycles.